The van der Waals surface area contributed by atoms with E-state index in [-0.39, 0.29) is 5.82 Å². The fourth-order valence-electron chi connectivity index (χ4n) is 2.73. The fraction of sp³-hybridized carbons (Fsp3) is 0.200. The van der Waals surface area contributed by atoms with Crippen LogP contribution in [0.3, 0.4) is 0 Å². The number of halogens is 1. The van der Waals surface area contributed by atoms with Crippen LogP contribution in [0.5, 0.6) is 0 Å². The van der Waals surface area contributed by atoms with E-state index in [1.54, 1.807) is 25.4 Å². The zero-order chi connectivity index (χ0) is 17.5. The van der Waals surface area contributed by atoms with Crippen LogP contribution in [0.25, 0.3) is 10.9 Å². The number of nitrogens with zero attached hydrogens (tertiary/aromatic N) is 2. The molecule has 3 rings (SSSR count). The maximum atomic E-state index is 13.6. The topological polar surface area (TPSA) is 49.3 Å². The van der Waals surface area contributed by atoms with Crippen molar-refractivity contribution in [2.24, 2.45) is 4.99 Å². The van der Waals surface area contributed by atoms with Gasteiger partial charge in [0.05, 0.1) is 5.52 Å². The molecule has 0 unspecified atom stereocenters. The standard InChI is InChI=1S/C20H21FN4/c1-22-20(24-13-11-15-6-2-3-10-18(15)21)25-14-17-8-4-7-16-9-5-12-23-19(16)17/h2-10,12H,11,13-14H2,1H3,(H2,22,24,25). The number of hydrogen-bond acceptors (Lipinski definition) is 2. The normalized spacial score (nSPS) is 11.5. The van der Waals surface area contributed by atoms with Gasteiger partial charge in [-0.25, -0.2) is 4.39 Å². The lowest BCUT2D eigenvalue weighted by atomic mass is 10.1. The van der Waals surface area contributed by atoms with Crippen molar-refractivity contribution >= 4 is 16.9 Å². The molecule has 0 bridgehead atoms. The molecule has 2 aromatic carbocycles. The summed E-state index contributed by atoms with van der Waals surface area (Å²) in [4.78, 5) is 8.67. The minimum absolute atomic E-state index is 0.172. The summed E-state index contributed by atoms with van der Waals surface area (Å²) in [6.45, 7) is 1.22. The Hall–Kier alpha value is -2.95. The van der Waals surface area contributed by atoms with E-state index in [1.165, 1.54) is 6.07 Å². The van der Waals surface area contributed by atoms with Crippen molar-refractivity contribution in [1.82, 2.24) is 15.6 Å². The first-order valence-electron chi connectivity index (χ1n) is 8.28. The minimum Gasteiger partial charge on any atom is -0.356 e. The quantitative estimate of drug-likeness (QED) is 0.555. The zero-order valence-electron chi connectivity index (χ0n) is 14.2. The molecule has 0 radical (unpaired) electrons. The molecule has 3 aromatic rings. The van der Waals surface area contributed by atoms with E-state index in [9.17, 15) is 4.39 Å². The molecule has 0 saturated carbocycles. The van der Waals surface area contributed by atoms with Crippen molar-refractivity contribution in [3.05, 3.63) is 77.7 Å². The summed E-state index contributed by atoms with van der Waals surface area (Å²) in [6.07, 6.45) is 2.40. The third-order valence-corrected chi connectivity index (χ3v) is 4.03. The Morgan fingerprint density at radius 2 is 1.80 bits per heavy atom. The van der Waals surface area contributed by atoms with Crippen molar-refractivity contribution in [2.75, 3.05) is 13.6 Å². The van der Waals surface area contributed by atoms with Gasteiger partial charge in [-0.1, -0.05) is 42.5 Å². The SMILES string of the molecule is CN=C(NCCc1ccccc1F)NCc1cccc2cccnc12. The molecule has 0 spiro atoms. The number of aromatic nitrogens is 1. The largest absolute Gasteiger partial charge is 0.356 e. The number of benzene rings is 2. The molecule has 25 heavy (non-hydrogen) atoms. The van der Waals surface area contributed by atoms with Gasteiger partial charge in [-0.3, -0.25) is 9.98 Å². The van der Waals surface area contributed by atoms with Crippen LogP contribution in [0.15, 0.2) is 65.8 Å². The van der Waals surface area contributed by atoms with Crippen LogP contribution in [0.4, 0.5) is 4.39 Å². The number of hydrogen-bond donors (Lipinski definition) is 2. The molecule has 5 heteroatoms. The van der Waals surface area contributed by atoms with Crippen molar-refractivity contribution in [3.8, 4) is 0 Å². The molecule has 128 valence electrons. The highest BCUT2D eigenvalue weighted by atomic mass is 19.1. The number of guanidine groups is 1. The summed E-state index contributed by atoms with van der Waals surface area (Å²) >= 11 is 0. The van der Waals surface area contributed by atoms with E-state index < -0.39 is 0 Å². The summed E-state index contributed by atoms with van der Waals surface area (Å²) < 4.78 is 13.6. The lowest BCUT2D eigenvalue weighted by molar-refractivity contribution is 0.606. The second-order valence-electron chi connectivity index (χ2n) is 5.69. The monoisotopic (exact) mass is 336 g/mol. The molecule has 0 amide bonds. The van der Waals surface area contributed by atoms with Crippen LogP contribution in [-0.4, -0.2) is 24.5 Å². The highest BCUT2D eigenvalue weighted by Crippen LogP contribution is 2.15. The van der Waals surface area contributed by atoms with Crippen molar-refractivity contribution in [1.29, 1.82) is 0 Å². The highest BCUT2D eigenvalue weighted by molar-refractivity contribution is 5.83. The predicted molar refractivity (Wildman–Crippen MR) is 100 cm³/mol. The molecule has 1 heterocycles. The fourth-order valence-corrected chi connectivity index (χ4v) is 2.73. The zero-order valence-corrected chi connectivity index (χ0v) is 14.2. The van der Waals surface area contributed by atoms with E-state index >= 15 is 0 Å². The number of rotatable bonds is 5. The van der Waals surface area contributed by atoms with Crippen molar-refractivity contribution in [2.45, 2.75) is 13.0 Å². The van der Waals surface area contributed by atoms with E-state index in [4.69, 9.17) is 0 Å². The van der Waals surface area contributed by atoms with Gasteiger partial charge < -0.3 is 10.6 Å². The minimum atomic E-state index is -0.172. The molecule has 0 aliphatic rings. The van der Waals surface area contributed by atoms with E-state index in [2.05, 4.69) is 26.7 Å². The van der Waals surface area contributed by atoms with E-state index in [0.717, 1.165) is 16.5 Å². The molecule has 1 aromatic heterocycles. The summed E-state index contributed by atoms with van der Waals surface area (Å²) in [6, 6.07) is 16.9. The van der Waals surface area contributed by atoms with Gasteiger partial charge in [-0.2, -0.15) is 0 Å². The first kappa shape index (κ1) is 16.9. The Morgan fingerprint density at radius 1 is 1.00 bits per heavy atom. The first-order chi connectivity index (χ1) is 12.3. The van der Waals surface area contributed by atoms with Gasteiger partial charge in [0.25, 0.3) is 0 Å². The maximum absolute atomic E-state index is 13.6. The second-order valence-corrected chi connectivity index (χ2v) is 5.69. The van der Waals surface area contributed by atoms with Crippen molar-refractivity contribution < 1.29 is 4.39 Å². The Kier molecular flexibility index (Phi) is 5.57. The Morgan fingerprint density at radius 3 is 2.64 bits per heavy atom. The predicted octanol–water partition coefficient (Wildman–Crippen LogP) is 3.28. The summed E-state index contributed by atoms with van der Waals surface area (Å²) in [5.74, 6) is 0.512. The smallest absolute Gasteiger partial charge is 0.191 e. The molecule has 0 atom stereocenters. The molecule has 0 fully saturated rings. The van der Waals surface area contributed by atoms with Gasteiger partial charge in [0.15, 0.2) is 5.96 Å². The first-order valence-corrected chi connectivity index (χ1v) is 8.28. The molecule has 0 saturated heterocycles. The van der Waals surface area contributed by atoms with Crippen LogP contribution < -0.4 is 10.6 Å². The number of fused-ring (bicyclic) bond motifs is 1. The van der Waals surface area contributed by atoms with Gasteiger partial charge in [-0.15, -0.1) is 0 Å². The summed E-state index contributed by atoms with van der Waals surface area (Å²) in [7, 11) is 1.72. The maximum Gasteiger partial charge on any atom is 0.191 e. The number of aliphatic imine (C=N–C) groups is 1. The molecule has 2 N–H and O–H groups in total. The average molecular weight is 336 g/mol. The van der Waals surface area contributed by atoms with Crippen LogP contribution >= 0.6 is 0 Å². The third-order valence-electron chi connectivity index (χ3n) is 4.03. The number of nitrogens with one attached hydrogen (secondary N) is 2. The molecular formula is C20H21FN4. The lowest BCUT2D eigenvalue weighted by Crippen LogP contribution is -2.38. The molecular weight excluding hydrogens is 315 g/mol. The van der Waals surface area contributed by atoms with E-state index in [1.807, 2.05) is 30.3 Å². The Balaban J connectivity index is 1.57. The van der Waals surface area contributed by atoms with Crippen LogP contribution in [-0.2, 0) is 13.0 Å². The summed E-state index contributed by atoms with van der Waals surface area (Å²) in [5.41, 5.74) is 2.79. The second kappa shape index (κ2) is 8.24. The van der Waals surface area contributed by atoms with E-state index in [0.29, 0.717) is 31.0 Å². The number of para-hydroxylation sites is 1. The molecule has 0 aliphatic heterocycles. The van der Waals surface area contributed by atoms with Crippen molar-refractivity contribution in [3.63, 3.8) is 0 Å². The summed E-state index contributed by atoms with van der Waals surface area (Å²) in [5, 5.41) is 7.61. The highest BCUT2D eigenvalue weighted by Gasteiger charge is 2.04. The Bertz CT molecular complexity index is 871. The van der Waals surface area contributed by atoms with Gasteiger partial charge >= 0.3 is 0 Å². The Labute approximate surface area is 146 Å². The van der Waals surface area contributed by atoms with Gasteiger partial charge in [0.1, 0.15) is 5.82 Å². The van der Waals surface area contributed by atoms with Crippen LogP contribution in [0, 0.1) is 5.82 Å². The van der Waals surface area contributed by atoms with Crippen LogP contribution in [0.2, 0.25) is 0 Å². The lowest BCUT2D eigenvalue weighted by Gasteiger charge is -2.13. The molecule has 4 nitrogen and oxygen atoms in total. The number of pyridine rings is 1. The van der Waals surface area contributed by atoms with Gasteiger partial charge in [-0.05, 0) is 29.7 Å². The molecule has 0 aliphatic carbocycles. The van der Waals surface area contributed by atoms with Gasteiger partial charge in [0, 0.05) is 31.7 Å². The van der Waals surface area contributed by atoms with Gasteiger partial charge in [0.2, 0.25) is 0 Å². The average Bonchev–Trinajstić information content (AvgIpc) is 2.66. The third kappa shape index (κ3) is 4.32. The van der Waals surface area contributed by atoms with Crippen LogP contribution in [0.1, 0.15) is 11.1 Å².